The van der Waals surface area contributed by atoms with Crippen molar-refractivity contribution < 1.29 is 4.74 Å². The van der Waals surface area contributed by atoms with Gasteiger partial charge in [-0.25, -0.2) is 4.79 Å². The molecule has 0 bridgehead atoms. The third kappa shape index (κ3) is 2.19. The van der Waals surface area contributed by atoms with E-state index in [1.807, 2.05) is 0 Å². The Balaban J connectivity index is 2.76. The van der Waals surface area contributed by atoms with Crippen LogP contribution in [0.5, 0.6) is 5.75 Å². The van der Waals surface area contributed by atoms with Crippen LogP contribution >= 0.6 is 31.9 Å². The van der Waals surface area contributed by atoms with Crippen LogP contribution in [-0.2, 0) is 0 Å². The number of halogens is 2. The molecule has 0 saturated carbocycles. The number of aromatic nitrogens is 2. The number of hydrogen-bond acceptors (Lipinski definition) is 3. The number of fused-ring (bicyclic) bond motifs is 1. The molecule has 1 heterocycles. The lowest BCUT2D eigenvalue weighted by Gasteiger charge is -2.08. The van der Waals surface area contributed by atoms with Gasteiger partial charge in [0, 0.05) is 0 Å². The van der Waals surface area contributed by atoms with Gasteiger partial charge in [-0.05, 0) is 44.0 Å². The highest BCUT2D eigenvalue weighted by Gasteiger charge is 2.08. The molecule has 0 atom stereocenters. The van der Waals surface area contributed by atoms with Gasteiger partial charge in [0.15, 0.2) is 0 Å². The fourth-order valence-electron chi connectivity index (χ4n) is 1.36. The van der Waals surface area contributed by atoms with Gasteiger partial charge in [-0.2, -0.15) is 0 Å². The summed E-state index contributed by atoms with van der Waals surface area (Å²) in [7, 11) is 0. The zero-order chi connectivity index (χ0) is 11.7. The van der Waals surface area contributed by atoms with Crippen molar-refractivity contribution in [2.24, 2.45) is 0 Å². The number of alkyl halides is 2. The van der Waals surface area contributed by atoms with Gasteiger partial charge in [-0.1, -0.05) is 6.07 Å². The molecule has 7 heteroatoms. The Morgan fingerprint density at radius 1 is 1.19 bits per heavy atom. The zero-order valence-corrected chi connectivity index (χ0v) is 11.0. The van der Waals surface area contributed by atoms with Gasteiger partial charge in [0.1, 0.15) is 5.75 Å². The number of benzene rings is 1. The van der Waals surface area contributed by atoms with E-state index >= 15 is 0 Å². The molecule has 0 amide bonds. The predicted molar refractivity (Wildman–Crippen MR) is 67.5 cm³/mol. The Labute approximate surface area is 106 Å². The summed E-state index contributed by atoms with van der Waals surface area (Å²) in [5, 5.41) is 0.373. The lowest BCUT2D eigenvalue weighted by atomic mass is 10.2. The summed E-state index contributed by atoms with van der Waals surface area (Å²) >= 11 is 6.30. The molecule has 1 aromatic heterocycles. The second-order valence-corrected chi connectivity index (χ2v) is 5.86. The first-order chi connectivity index (χ1) is 7.58. The van der Waals surface area contributed by atoms with Crippen molar-refractivity contribution in [1.29, 1.82) is 0 Å². The smallest absolute Gasteiger partial charge is 0.326 e. The van der Waals surface area contributed by atoms with Crippen molar-refractivity contribution in [1.82, 2.24) is 9.97 Å². The van der Waals surface area contributed by atoms with Gasteiger partial charge in [0.05, 0.1) is 10.9 Å². The van der Waals surface area contributed by atoms with E-state index in [1.54, 1.807) is 18.2 Å². The van der Waals surface area contributed by atoms with E-state index in [2.05, 4.69) is 41.8 Å². The average Bonchev–Trinajstić information content (AvgIpc) is 2.18. The van der Waals surface area contributed by atoms with Crippen molar-refractivity contribution >= 4 is 42.8 Å². The van der Waals surface area contributed by atoms with Gasteiger partial charge in [-0.3, -0.25) is 9.78 Å². The minimum atomic E-state index is -0.561. The minimum Gasteiger partial charge on any atom is -0.466 e. The molecule has 0 radical (unpaired) electrons. The summed E-state index contributed by atoms with van der Waals surface area (Å²) in [6, 6.07) is 4.94. The first-order valence-corrected chi connectivity index (χ1v) is 6.11. The molecule has 16 heavy (non-hydrogen) atoms. The summed E-state index contributed by atoms with van der Waals surface area (Å²) in [6.45, 7) is 0. The molecule has 2 N–H and O–H groups in total. The molecule has 0 aliphatic carbocycles. The van der Waals surface area contributed by atoms with Gasteiger partial charge < -0.3 is 9.72 Å². The SMILES string of the molecule is O=c1[nH]c(=O)c2cccc(OC(Br)Br)c2[nH]1. The van der Waals surface area contributed by atoms with E-state index in [9.17, 15) is 9.59 Å². The van der Waals surface area contributed by atoms with Crippen molar-refractivity contribution in [3.8, 4) is 5.75 Å². The van der Waals surface area contributed by atoms with Crippen LogP contribution in [0.1, 0.15) is 0 Å². The molecule has 0 aliphatic heterocycles. The average molecular weight is 350 g/mol. The molecule has 2 aromatic rings. The number of rotatable bonds is 2. The van der Waals surface area contributed by atoms with Crippen LogP contribution in [-0.4, -0.2) is 13.9 Å². The maximum Gasteiger partial charge on any atom is 0.326 e. The van der Waals surface area contributed by atoms with Crippen LogP contribution in [0.15, 0.2) is 27.8 Å². The summed E-state index contributed by atoms with van der Waals surface area (Å²) in [6.07, 6.45) is 0. The zero-order valence-electron chi connectivity index (χ0n) is 7.79. The maximum absolute atomic E-state index is 11.5. The number of nitrogens with one attached hydrogen (secondary N) is 2. The highest BCUT2D eigenvalue weighted by Crippen LogP contribution is 2.24. The molecule has 0 fully saturated rings. The standard InChI is InChI=1S/C9H6Br2N2O3/c10-8(11)16-5-3-1-2-4-6(5)12-9(15)13-7(4)14/h1-3,8H,(H2,12,13,14,15). The molecule has 1 aromatic carbocycles. The quantitative estimate of drug-likeness (QED) is 0.810. The van der Waals surface area contributed by atoms with E-state index in [1.165, 1.54) is 0 Å². The normalized spacial score (nSPS) is 10.9. The Morgan fingerprint density at radius 2 is 1.94 bits per heavy atom. The second kappa shape index (κ2) is 4.42. The van der Waals surface area contributed by atoms with Crippen LogP contribution in [0.25, 0.3) is 10.9 Å². The third-order valence-electron chi connectivity index (χ3n) is 1.95. The first-order valence-electron chi connectivity index (χ1n) is 4.28. The molecular weight excluding hydrogens is 344 g/mol. The monoisotopic (exact) mass is 348 g/mol. The van der Waals surface area contributed by atoms with Gasteiger partial charge in [0.25, 0.3) is 5.56 Å². The molecule has 0 saturated heterocycles. The number of aromatic amines is 2. The number of H-pyrrole nitrogens is 2. The van der Waals surface area contributed by atoms with E-state index < -0.39 is 15.2 Å². The summed E-state index contributed by atoms with van der Waals surface area (Å²) < 4.78 is 4.95. The number of para-hydroxylation sites is 1. The maximum atomic E-state index is 11.5. The largest absolute Gasteiger partial charge is 0.466 e. The van der Waals surface area contributed by atoms with Crippen LogP contribution in [0.3, 0.4) is 0 Å². The highest BCUT2D eigenvalue weighted by molar-refractivity contribution is 9.24. The predicted octanol–water partition coefficient (Wildman–Crippen LogP) is 1.67. The third-order valence-corrected chi connectivity index (χ3v) is 2.33. The molecule has 5 nitrogen and oxygen atoms in total. The molecule has 0 unspecified atom stereocenters. The molecule has 0 spiro atoms. The van der Waals surface area contributed by atoms with E-state index in [-0.39, 0.29) is 0 Å². The minimum absolute atomic E-state index is 0.373. The van der Waals surface area contributed by atoms with Crippen molar-refractivity contribution in [2.75, 3.05) is 0 Å². The van der Waals surface area contributed by atoms with E-state index in [4.69, 9.17) is 4.74 Å². The second-order valence-electron chi connectivity index (χ2n) is 2.97. The van der Waals surface area contributed by atoms with Crippen LogP contribution in [0, 0.1) is 0 Å². The van der Waals surface area contributed by atoms with Crippen molar-refractivity contribution in [3.63, 3.8) is 0 Å². The van der Waals surface area contributed by atoms with Crippen LogP contribution in [0.2, 0.25) is 0 Å². The van der Waals surface area contributed by atoms with Crippen LogP contribution in [0.4, 0.5) is 0 Å². The molecular formula is C9H6Br2N2O3. The summed E-state index contributed by atoms with van der Waals surface area (Å²) in [4.78, 5) is 27.3. The summed E-state index contributed by atoms with van der Waals surface area (Å²) in [5.74, 6) is 0.416. The first kappa shape index (κ1) is 11.4. The van der Waals surface area contributed by atoms with Gasteiger partial charge in [-0.15, -0.1) is 0 Å². The van der Waals surface area contributed by atoms with E-state index in [0.717, 1.165) is 0 Å². The molecule has 2 rings (SSSR count). The van der Waals surface area contributed by atoms with Gasteiger partial charge >= 0.3 is 5.69 Å². The Kier molecular flexibility index (Phi) is 3.15. The topological polar surface area (TPSA) is 74.9 Å². The van der Waals surface area contributed by atoms with Gasteiger partial charge in [0.2, 0.25) is 3.92 Å². The number of ether oxygens (including phenoxy) is 1. The van der Waals surface area contributed by atoms with E-state index in [0.29, 0.717) is 16.7 Å². The van der Waals surface area contributed by atoms with Crippen LogP contribution < -0.4 is 16.0 Å². The Hall–Kier alpha value is -1.08. The number of hydrogen-bond donors (Lipinski definition) is 2. The molecule has 84 valence electrons. The fraction of sp³-hybridized carbons (Fsp3) is 0.111. The van der Waals surface area contributed by atoms with Crippen molar-refractivity contribution in [2.45, 2.75) is 3.92 Å². The fourth-order valence-corrected chi connectivity index (χ4v) is 1.76. The Bertz CT molecular complexity index is 632. The Morgan fingerprint density at radius 3 is 2.62 bits per heavy atom. The summed E-state index contributed by atoms with van der Waals surface area (Å²) in [5.41, 5.74) is -0.626. The highest BCUT2D eigenvalue weighted by atomic mass is 79.9. The lowest BCUT2D eigenvalue weighted by molar-refractivity contribution is 0.380. The molecule has 0 aliphatic rings. The van der Waals surface area contributed by atoms with Crippen molar-refractivity contribution in [3.05, 3.63) is 39.0 Å². The lowest BCUT2D eigenvalue weighted by Crippen LogP contribution is -2.22.